The maximum absolute atomic E-state index is 7.22. The van der Waals surface area contributed by atoms with Crippen LogP contribution in [0.4, 0.5) is 17.1 Å². The van der Waals surface area contributed by atoms with E-state index in [-0.39, 0.29) is 17.7 Å². The molecule has 52 heavy (non-hydrogen) atoms. The number of anilines is 3. The minimum atomic E-state index is -0.130. The predicted octanol–water partition coefficient (Wildman–Crippen LogP) is 12.0. The Balaban J connectivity index is 1.29. The first-order valence-electron chi connectivity index (χ1n) is 18.7. The van der Waals surface area contributed by atoms with Crippen LogP contribution in [0, 0.1) is 6.92 Å². The average molecular weight is 689 g/mol. The molecule has 5 heteroatoms. The first-order chi connectivity index (χ1) is 25.2. The lowest BCUT2D eigenvalue weighted by atomic mass is 9.47. The van der Waals surface area contributed by atoms with Gasteiger partial charge in [-0.1, -0.05) is 107 Å². The van der Waals surface area contributed by atoms with Crippen molar-refractivity contribution in [3.63, 3.8) is 0 Å². The van der Waals surface area contributed by atoms with E-state index in [0.29, 0.717) is 0 Å². The molecule has 0 N–H and O–H groups in total. The van der Waals surface area contributed by atoms with Gasteiger partial charge in [0.05, 0.1) is 21.6 Å². The van der Waals surface area contributed by atoms with E-state index in [4.69, 9.17) is 4.42 Å². The van der Waals surface area contributed by atoms with Gasteiger partial charge < -0.3 is 13.8 Å². The quantitative estimate of drug-likeness (QED) is 0.160. The molecule has 0 unspecified atom stereocenters. The molecule has 9 aromatic rings. The topological polar surface area (TPSA) is 21.3 Å². The molecule has 0 bridgehead atoms. The van der Waals surface area contributed by atoms with E-state index in [0.717, 1.165) is 16.6 Å². The van der Waals surface area contributed by atoms with Crippen molar-refractivity contribution in [2.45, 2.75) is 58.3 Å². The fraction of sp³-hybridized carbons (Fsp3) is 0.191. The molecule has 0 amide bonds. The third kappa shape index (κ3) is 3.49. The largest absolute Gasteiger partial charge is 0.466 e. The van der Waals surface area contributed by atoms with Crippen molar-refractivity contribution in [2.75, 3.05) is 4.90 Å². The number of fused-ring (bicyclic) bond motifs is 14. The van der Waals surface area contributed by atoms with Crippen LogP contribution in [0.5, 0.6) is 0 Å². The molecule has 250 valence electrons. The van der Waals surface area contributed by atoms with Gasteiger partial charge >= 0.3 is 6.85 Å². The van der Waals surface area contributed by atoms with Gasteiger partial charge in [-0.15, -0.1) is 11.3 Å². The molecule has 3 aliphatic rings. The first-order valence-corrected chi connectivity index (χ1v) is 19.5. The van der Waals surface area contributed by atoms with Gasteiger partial charge in [0.15, 0.2) is 0 Å². The van der Waals surface area contributed by atoms with Gasteiger partial charge in [-0.2, -0.15) is 0 Å². The van der Waals surface area contributed by atoms with E-state index in [1.54, 1.807) is 0 Å². The Morgan fingerprint density at radius 2 is 1.35 bits per heavy atom. The second kappa shape index (κ2) is 9.59. The number of thiophene rings is 1. The van der Waals surface area contributed by atoms with Crippen LogP contribution in [0.2, 0.25) is 0 Å². The fourth-order valence-electron chi connectivity index (χ4n) is 10.3. The molecule has 6 aromatic carbocycles. The van der Waals surface area contributed by atoms with Crippen LogP contribution in [0.25, 0.3) is 64.1 Å². The maximum Gasteiger partial charge on any atom is 0.376 e. The average Bonchev–Trinajstić information content (AvgIpc) is 3.82. The van der Waals surface area contributed by atoms with E-state index >= 15 is 0 Å². The zero-order chi connectivity index (χ0) is 34.8. The standard InChI is InChI=1S/C47H37BN2OS/c1-26-23-34-35(47(4,5)22-21-46(34,2)3)25-36(26)49-41-28-14-7-6-13-27(28)24-33-29-17-12-18-32-40(29)50(42-31-16-9-11-20-38(31)52-44(32)42)48(39(33)41)45-43(49)30-15-8-10-19-37(30)51-45/h6-20,23-25H,21-22H2,1-5H3. The van der Waals surface area contributed by atoms with Gasteiger partial charge in [-0.25, -0.2) is 0 Å². The highest BCUT2D eigenvalue weighted by atomic mass is 32.1. The van der Waals surface area contributed by atoms with Gasteiger partial charge in [0, 0.05) is 43.0 Å². The zero-order valence-corrected chi connectivity index (χ0v) is 30.9. The summed E-state index contributed by atoms with van der Waals surface area (Å²) in [5, 5.41) is 6.32. The monoisotopic (exact) mass is 688 g/mol. The van der Waals surface area contributed by atoms with E-state index in [1.807, 2.05) is 11.3 Å². The van der Waals surface area contributed by atoms with Crippen LogP contribution in [0.1, 0.15) is 57.2 Å². The van der Waals surface area contributed by atoms with E-state index in [9.17, 15) is 0 Å². The molecule has 3 nitrogen and oxygen atoms in total. The van der Waals surface area contributed by atoms with Crippen molar-refractivity contribution in [1.82, 2.24) is 4.48 Å². The number of rotatable bonds is 1. The van der Waals surface area contributed by atoms with Crippen molar-refractivity contribution >= 4 is 99.3 Å². The summed E-state index contributed by atoms with van der Waals surface area (Å²) in [5.41, 5.74) is 16.7. The molecule has 5 heterocycles. The fourth-order valence-corrected chi connectivity index (χ4v) is 11.5. The highest BCUT2D eigenvalue weighted by molar-refractivity contribution is 7.27. The Kier molecular flexibility index (Phi) is 5.41. The normalized spacial score (nSPS) is 16.6. The molecule has 2 aliphatic heterocycles. The van der Waals surface area contributed by atoms with Crippen molar-refractivity contribution < 1.29 is 4.42 Å². The summed E-state index contributed by atoms with van der Waals surface area (Å²) in [5.74, 6) is 0. The van der Waals surface area contributed by atoms with Crippen LogP contribution in [-0.4, -0.2) is 11.3 Å². The Labute approximate surface area is 307 Å². The summed E-state index contributed by atoms with van der Waals surface area (Å²) in [4.78, 5) is 2.61. The number of benzene rings is 6. The van der Waals surface area contributed by atoms with Gasteiger partial charge in [-0.05, 0) is 94.0 Å². The molecule has 0 atom stereocenters. The molecule has 0 saturated carbocycles. The molecule has 0 fully saturated rings. The lowest BCUT2D eigenvalue weighted by Crippen LogP contribution is -2.56. The Morgan fingerprint density at radius 1 is 0.654 bits per heavy atom. The summed E-state index contributed by atoms with van der Waals surface area (Å²) in [7, 11) is 0. The highest BCUT2D eigenvalue weighted by Crippen LogP contribution is 2.54. The molecule has 12 rings (SSSR count). The maximum atomic E-state index is 7.22. The molecular formula is C47H37BN2OS. The zero-order valence-electron chi connectivity index (χ0n) is 30.1. The number of hydrogen-bond donors (Lipinski definition) is 0. The highest BCUT2D eigenvalue weighted by Gasteiger charge is 2.48. The van der Waals surface area contributed by atoms with Crippen LogP contribution in [0.15, 0.2) is 114 Å². The van der Waals surface area contributed by atoms with Crippen molar-refractivity contribution in [2.24, 2.45) is 0 Å². The van der Waals surface area contributed by atoms with Crippen LogP contribution >= 0.6 is 11.3 Å². The second-order valence-electron chi connectivity index (χ2n) is 16.8. The van der Waals surface area contributed by atoms with Gasteiger partial charge in [0.2, 0.25) is 0 Å². The number of furan rings is 1. The molecule has 0 radical (unpaired) electrons. The minimum absolute atomic E-state index is 0.0758. The summed E-state index contributed by atoms with van der Waals surface area (Å²) in [6.07, 6.45) is 2.37. The smallest absolute Gasteiger partial charge is 0.376 e. The minimum Gasteiger partial charge on any atom is -0.466 e. The molecule has 0 saturated heterocycles. The van der Waals surface area contributed by atoms with E-state index < -0.39 is 0 Å². The number of nitrogens with zero attached hydrogens (tertiary/aromatic N) is 2. The Bertz CT molecular complexity index is 3060. The lowest BCUT2D eigenvalue weighted by Gasteiger charge is -2.44. The van der Waals surface area contributed by atoms with E-state index in [2.05, 4.69) is 153 Å². The summed E-state index contributed by atoms with van der Waals surface area (Å²) >= 11 is 1.92. The SMILES string of the molecule is Cc1cc2c(cc1N1c3c4c(cc5ccccc35)-c3cccc5c6sc7ccccc7c6n(c35)B4c3oc4ccccc4c31)C(C)(C)CCC2(C)C. The number of para-hydroxylation sites is 2. The molecule has 3 aromatic heterocycles. The third-order valence-electron chi connectivity index (χ3n) is 12.9. The lowest BCUT2D eigenvalue weighted by molar-refractivity contribution is 0.332. The molecular weight excluding hydrogens is 651 g/mol. The summed E-state index contributed by atoms with van der Waals surface area (Å²) < 4.78 is 12.6. The predicted molar refractivity (Wildman–Crippen MR) is 223 cm³/mol. The number of aromatic nitrogens is 1. The van der Waals surface area contributed by atoms with Crippen molar-refractivity contribution in [3.8, 4) is 11.1 Å². The van der Waals surface area contributed by atoms with Crippen molar-refractivity contribution in [3.05, 3.63) is 126 Å². The van der Waals surface area contributed by atoms with Gasteiger partial charge in [0.1, 0.15) is 11.2 Å². The van der Waals surface area contributed by atoms with E-state index in [1.165, 1.54) is 105 Å². The summed E-state index contributed by atoms with van der Waals surface area (Å²) in [6.45, 7) is 11.9. The molecule has 0 spiro atoms. The second-order valence-corrected chi connectivity index (χ2v) is 17.8. The Hall–Kier alpha value is -5.26. The third-order valence-corrected chi connectivity index (χ3v) is 14.1. The van der Waals surface area contributed by atoms with Crippen LogP contribution in [-0.2, 0) is 10.8 Å². The van der Waals surface area contributed by atoms with Crippen LogP contribution in [0.3, 0.4) is 0 Å². The van der Waals surface area contributed by atoms with Gasteiger partial charge in [0.25, 0.3) is 0 Å². The first kappa shape index (κ1) is 29.3. The van der Waals surface area contributed by atoms with Gasteiger partial charge in [-0.3, -0.25) is 0 Å². The number of hydrogen-bond acceptors (Lipinski definition) is 3. The van der Waals surface area contributed by atoms with Crippen molar-refractivity contribution in [1.29, 1.82) is 0 Å². The number of aryl methyl sites for hydroxylation is 1. The molecule has 1 aliphatic carbocycles. The van der Waals surface area contributed by atoms with Crippen LogP contribution < -0.4 is 16.0 Å². The Morgan fingerprint density at radius 3 is 2.17 bits per heavy atom. The summed E-state index contributed by atoms with van der Waals surface area (Å²) in [6, 6.07) is 41.1.